The summed E-state index contributed by atoms with van der Waals surface area (Å²) in [6.45, 7) is 9.70. The fourth-order valence-corrected chi connectivity index (χ4v) is 5.48. The molecule has 9 nitrogen and oxygen atoms in total. The van der Waals surface area contributed by atoms with E-state index in [0.717, 1.165) is 24.3 Å². The molecule has 2 amide bonds. The molecule has 9 heteroatoms. The monoisotopic (exact) mass is 544 g/mol. The minimum Gasteiger partial charge on any atom is -0.460 e. The molecule has 2 atom stereocenters. The topological polar surface area (TPSA) is 107 Å². The first-order valence-electron chi connectivity index (χ1n) is 14.0. The van der Waals surface area contributed by atoms with Gasteiger partial charge >= 0.3 is 12.1 Å². The Balaban J connectivity index is 0.000000216. The molecule has 1 saturated carbocycles. The summed E-state index contributed by atoms with van der Waals surface area (Å²) in [6.07, 6.45) is 9.12. The largest absolute Gasteiger partial charge is 0.460 e. The van der Waals surface area contributed by atoms with Gasteiger partial charge in [-0.2, -0.15) is 0 Å². The van der Waals surface area contributed by atoms with Crippen LogP contribution in [-0.4, -0.2) is 61.9 Å². The van der Waals surface area contributed by atoms with Crippen molar-refractivity contribution in [3.05, 3.63) is 30.0 Å². The zero-order chi connectivity index (χ0) is 28.4. The molecular weight excluding hydrogens is 500 g/mol. The number of amides is 2. The Morgan fingerprint density at radius 2 is 1.85 bits per heavy atom. The van der Waals surface area contributed by atoms with Gasteiger partial charge in [0.05, 0.1) is 6.61 Å². The minimum absolute atomic E-state index is 0.127. The normalized spacial score (nSPS) is 19.8. The van der Waals surface area contributed by atoms with E-state index in [1.807, 2.05) is 25.7 Å². The molecule has 1 aromatic heterocycles. The lowest BCUT2D eigenvalue weighted by atomic mass is 9.77. The van der Waals surface area contributed by atoms with Crippen molar-refractivity contribution in [3.63, 3.8) is 0 Å². The third kappa shape index (κ3) is 8.98. The van der Waals surface area contributed by atoms with Crippen LogP contribution < -0.4 is 5.32 Å². The number of methoxy groups -OCH3 is 1. The van der Waals surface area contributed by atoms with Gasteiger partial charge in [-0.1, -0.05) is 32.1 Å². The van der Waals surface area contributed by atoms with Gasteiger partial charge in [0.15, 0.2) is 0 Å². The molecule has 2 fully saturated rings. The number of nitrogens with zero attached hydrogens (tertiary/aromatic N) is 1. The van der Waals surface area contributed by atoms with Crippen molar-refractivity contribution in [2.45, 2.75) is 84.3 Å². The van der Waals surface area contributed by atoms with Crippen molar-refractivity contribution in [3.8, 4) is 0 Å². The van der Waals surface area contributed by atoms with Crippen LogP contribution in [0.4, 0.5) is 10.5 Å². The number of fused-ring (bicyclic) bond motifs is 1. The molecule has 2 unspecified atom stereocenters. The zero-order valence-corrected chi connectivity index (χ0v) is 24.0. The Kier molecular flexibility index (Phi) is 11.2. The Hall–Kier alpha value is -3.07. The highest BCUT2D eigenvalue weighted by Gasteiger charge is 2.40. The van der Waals surface area contributed by atoms with Crippen LogP contribution in [0.25, 0.3) is 11.0 Å². The van der Waals surface area contributed by atoms with Gasteiger partial charge in [-0.3, -0.25) is 4.79 Å². The Morgan fingerprint density at radius 1 is 1.10 bits per heavy atom. The van der Waals surface area contributed by atoms with Gasteiger partial charge < -0.3 is 28.8 Å². The first-order valence-corrected chi connectivity index (χ1v) is 14.0. The maximum absolute atomic E-state index is 12.2. The Labute approximate surface area is 231 Å². The highest BCUT2D eigenvalue weighted by Crippen LogP contribution is 2.39. The van der Waals surface area contributed by atoms with Crippen molar-refractivity contribution < 1.29 is 33.0 Å². The highest BCUT2D eigenvalue weighted by molar-refractivity contribution is 5.94. The molecular formula is C30H44N2O7. The number of carbonyl (C=O) groups is 3. The Bertz CT molecular complexity index is 1080. The average Bonchev–Trinajstić information content (AvgIpc) is 3.50. The van der Waals surface area contributed by atoms with E-state index >= 15 is 0 Å². The summed E-state index contributed by atoms with van der Waals surface area (Å²) in [4.78, 5) is 36.3. The summed E-state index contributed by atoms with van der Waals surface area (Å²) in [6, 6.07) is 7.02. The van der Waals surface area contributed by atoms with E-state index in [1.165, 1.54) is 32.1 Å². The lowest BCUT2D eigenvalue weighted by Crippen LogP contribution is -2.41. The van der Waals surface area contributed by atoms with Crippen LogP contribution in [-0.2, 0) is 19.0 Å². The maximum atomic E-state index is 12.2. The number of hydrogen-bond donors (Lipinski definition) is 1. The highest BCUT2D eigenvalue weighted by atomic mass is 16.6. The fourth-order valence-electron chi connectivity index (χ4n) is 5.48. The summed E-state index contributed by atoms with van der Waals surface area (Å²) in [5.74, 6) is 1.15. The Morgan fingerprint density at radius 3 is 2.51 bits per heavy atom. The quantitative estimate of drug-likeness (QED) is 0.233. The predicted molar refractivity (Wildman–Crippen MR) is 150 cm³/mol. The average molecular weight is 545 g/mol. The van der Waals surface area contributed by atoms with Crippen molar-refractivity contribution in [2.75, 3.05) is 32.2 Å². The second kappa shape index (κ2) is 14.4. The number of benzene rings is 1. The van der Waals surface area contributed by atoms with Crippen LogP contribution in [0.5, 0.6) is 0 Å². The van der Waals surface area contributed by atoms with Gasteiger partial charge in [0, 0.05) is 43.8 Å². The number of hydrogen-bond acceptors (Lipinski definition) is 7. The van der Waals surface area contributed by atoms with Crippen LogP contribution >= 0.6 is 0 Å². The molecule has 1 N–H and O–H groups in total. The number of furan rings is 1. The van der Waals surface area contributed by atoms with E-state index in [0.29, 0.717) is 42.7 Å². The summed E-state index contributed by atoms with van der Waals surface area (Å²) in [5, 5.41) is 3.26. The lowest BCUT2D eigenvalue weighted by molar-refractivity contribution is -0.105. The van der Waals surface area contributed by atoms with E-state index < -0.39 is 5.97 Å². The first-order chi connectivity index (χ1) is 18.6. The van der Waals surface area contributed by atoms with E-state index in [1.54, 1.807) is 31.4 Å². The lowest BCUT2D eigenvalue weighted by Gasteiger charge is -2.33. The fraction of sp³-hybridized carbons (Fsp3) is 0.633. The van der Waals surface area contributed by atoms with Crippen LogP contribution in [0.3, 0.4) is 0 Å². The second-order valence-electron chi connectivity index (χ2n) is 11.4. The standard InChI is InChI=1S/C16H29NO2.C14H15NO5/c1-12-14(13-8-6-5-7-9-13)10-11-17(12)15(18)19-16(2,3)4;1-18-5-2-6-19-14(17)13-8-10-7-11(15-9-16)3-4-12(10)20-13/h12-14H,5-11H2,1-4H3;3-4,7-9H,2,5-6H2,1H3,(H,15,16). The van der Waals surface area contributed by atoms with Gasteiger partial charge in [-0.15, -0.1) is 0 Å². The van der Waals surface area contributed by atoms with Crippen LogP contribution in [0.15, 0.2) is 28.7 Å². The molecule has 0 radical (unpaired) electrons. The molecule has 2 heterocycles. The SMILES string of the molecule is CC1C(C2CCCCC2)CCN1C(=O)OC(C)(C)C.COCCCOC(=O)c1cc2cc(NC=O)ccc2o1. The van der Waals surface area contributed by atoms with E-state index in [4.69, 9.17) is 18.6 Å². The molecule has 1 aromatic carbocycles. The second-order valence-corrected chi connectivity index (χ2v) is 11.4. The molecule has 39 heavy (non-hydrogen) atoms. The number of ether oxygens (including phenoxy) is 3. The maximum Gasteiger partial charge on any atom is 0.410 e. The van der Waals surface area contributed by atoms with Crippen LogP contribution in [0.2, 0.25) is 0 Å². The summed E-state index contributed by atoms with van der Waals surface area (Å²) in [5.41, 5.74) is 0.804. The van der Waals surface area contributed by atoms with Crippen LogP contribution in [0, 0.1) is 11.8 Å². The molecule has 1 aliphatic heterocycles. The van der Waals surface area contributed by atoms with E-state index in [9.17, 15) is 14.4 Å². The zero-order valence-electron chi connectivity index (χ0n) is 24.0. The molecule has 1 aliphatic carbocycles. The molecule has 4 rings (SSSR count). The predicted octanol–water partition coefficient (Wildman–Crippen LogP) is 6.41. The molecule has 0 spiro atoms. The number of likely N-dealkylation sites (tertiary alicyclic amines) is 1. The van der Waals surface area contributed by atoms with Crippen molar-refractivity contribution >= 4 is 35.1 Å². The summed E-state index contributed by atoms with van der Waals surface area (Å²) >= 11 is 0. The molecule has 0 bridgehead atoms. The van der Waals surface area contributed by atoms with Crippen molar-refractivity contribution in [1.29, 1.82) is 0 Å². The van der Waals surface area contributed by atoms with Crippen molar-refractivity contribution in [1.82, 2.24) is 4.90 Å². The van der Waals surface area contributed by atoms with E-state index in [2.05, 4.69) is 12.2 Å². The molecule has 216 valence electrons. The van der Waals surface area contributed by atoms with Crippen molar-refractivity contribution in [2.24, 2.45) is 11.8 Å². The van der Waals surface area contributed by atoms with Gasteiger partial charge in [0.25, 0.3) is 0 Å². The first kappa shape index (κ1) is 30.5. The number of anilines is 1. The molecule has 2 aromatic rings. The number of rotatable bonds is 8. The van der Waals surface area contributed by atoms with E-state index in [-0.39, 0.29) is 24.1 Å². The van der Waals surface area contributed by atoms with Gasteiger partial charge in [0.1, 0.15) is 11.2 Å². The van der Waals surface area contributed by atoms with Gasteiger partial charge in [0.2, 0.25) is 12.2 Å². The van der Waals surface area contributed by atoms with Crippen LogP contribution in [0.1, 0.15) is 83.2 Å². The number of nitrogens with one attached hydrogen (secondary N) is 1. The molecule has 2 aliphatic rings. The van der Waals surface area contributed by atoms with Gasteiger partial charge in [-0.05, 0) is 70.2 Å². The smallest absolute Gasteiger partial charge is 0.410 e. The number of esters is 1. The summed E-state index contributed by atoms with van der Waals surface area (Å²) in [7, 11) is 1.59. The third-order valence-corrected chi connectivity index (χ3v) is 7.37. The minimum atomic E-state index is -0.512. The summed E-state index contributed by atoms with van der Waals surface area (Å²) < 4.78 is 20.8. The molecule has 1 saturated heterocycles. The number of carbonyl (C=O) groups excluding carboxylic acids is 3. The third-order valence-electron chi connectivity index (χ3n) is 7.37. The van der Waals surface area contributed by atoms with Gasteiger partial charge in [-0.25, -0.2) is 9.59 Å².